The van der Waals surface area contributed by atoms with Crippen molar-refractivity contribution in [3.8, 4) is 28.5 Å². The number of nitrogens with one attached hydrogen (secondary N) is 1. The highest BCUT2D eigenvalue weighted by Crippen LogP contribution is 2.41. The van der Waals surface area contributed by atoms with Gasteiger partial charge >= 0.3 is 0 Å². The van der Waals surface area contributed by atoms with Crippen molar-refractivity contribution in [3.63, 3.8) is 0 Å². The molecular formula is C26H28N4O4. The van der Waals surface area contributed by atoms with Crippen LogP contribution in [0.5, 0.6) is 5.75 Å². The van der Waals surface area contributed by atoms with Gasteiger partial charge in [-0.25, -0.2) is 0 Å². The second-order valence-electron chi connectivity index (χ2n) is 8.37. The van der Waals surface area contributed by atoms with E-state index in [2.05, 4.69) is 41.4 Å². The van der Waals surface area contributed by atoms with E-state index in [9.17, 15) is 4.79 Å². The van der Waals surface area contributed by atoms with Crippen molar-refractivity contribution in [1.29, 1.82) is 0 Å². The minimum Gasteiger partial charge on any atom is -0.488 e. The van der Waals surface area contributed by atoms with Crippen molar-refractivity contribution in [2.24, 2.45) is 0 Å². The van der Waals surface area contributed by atoms with Gasteiger partial charge in [0.05, 0.1) is 5.56 Å². The summed E-state index contributed by atoms with van der Waals surface area (Å²) in [6.07, 6.45) is 0. The molecule has 34 heavy (non-hydrogen) atoms. The van der Waals surface area contributed by atoms with Gasteiger partial charge in [0.25, 0.3) is 5.91 Å². The van der Waals surface area contributed by atoms with Gasteiger partial charge in [-0.3, -0.25) is 4.79 Å². The van der Waals surface area contributed by atoms with Gasteiger partial charge in [-0.2, -0.15) is 4.98 Å². The van der Waals surface area contributed by atoms with Crippen LogP contribution in [0.1, 0.15) is 59.8 Å². The molecule has 4 rings (SSSR count). The summed E-state index contributed by atoms with van der Waals surface area (Å²) in [4.78, 5) is 17.1. The number of carbonyl (C=O) groups is 1. The smallest absolute Gasteiger partial charge is 0.274 e. The molecule has 0 saturated heterocycles. The van der Waals surface area contributed by atoms with E-state index in [4.69, 9.17) is 13.8 Å². The molecule has 0 aliphatic heterocycles. The Labute approximate surface area is 198 Å². The molecule has 0 spiro atoms. The first-order valence-electron chi connectivity index (χ1n) is 11.3. The molecule has 8 heteroatoms. The van der Waals surface area contributed by atoms with Gasteiger partial charge in [-0.15, -0.1) is 0 Å². The Morgan fingerprint density at radius 3 is 2.50 bits per heavy atom. The second-order valence-corrected chi connectivity index (χ2v) is 8.37. The lowest BCUT2D eigenvalue weighted by molar-refractivity contribution is 0.0947. The van der Waals surface area contributed by atoms with Crippen molar-refractivity contribution in [3.05, 3.63) is 70.7 Å². The Morgan fingerprint density at radius 2 is 1.85 bits per heavy atom. The number of amides is 1. The van der Waals surface area contributed by atoms with Gasteiger partial charge in [0.1, 0.15) is 17.9 Å². The van der Waals surface area contributed by atoms with E-state index in [1.165, 1.54) is 0 Å². The Morgan fingerprint density at radius 1 is 1.09 bits per heavy atom. The van der Waals surface area contributed by atoms with Gasteiger partial charge in [0.15, 0.2) is 11.5 Å². The Bertz CT molecular complexity index is 1290. The molecule has 1 amide bonds. The van der Waals surface area contributed by atoms with Crippen LogP contribution in [0.25, 0.3) is 22.7 Å². The van der Waals surface area contributed by atoms with E-state index in [0.717, 1.165) is 16.7 Å². The van der Waals surface area contributed by atoms with Crippen molar-refractivity contribution in [2.75, 3.05) is 6.54 Å². The van der Waals surface area contributed by atoms with E-state index >= 15 is 0 Å². The fourth-order valence-corrected chi connectivity index (χ4v) is 3.83. The second kappa shape index (κ2) is 9.91. The maximum absolute atomic E-state index is 12.8. The number of nitrogens with zero attached hydrogens (tertiary/aromatic N) is 3. The van der Waals surface area contributed by atoms with Gasteiger partial charge in [0, 0.05) is 13.5 Å². The van der Waals surface area contributed by atoms with Gasteiger partial charge in [-0.05, 0) is 48.6 Å². The molecule has 0 unspecified atom stereocenters. The molecule has 0 radical (unpaired) electrons. The molecule has 2 aromatic carbocycles. The lowest BCUT2D eigenvalue weighted by atomic mass is 9.93. The standard InChI is InChI=1S/C26H28N4O4/c1-6-27-26(31)23-22(25-28-17(5)33-30-25)24(34-29-23)20-13-19(15(2)3)16(4)12-21(20)32-14-18-10-8-7-9-11-18/h7-13,15H,6,14H2,1-5H3,(H,27,31). The SMILES string of the molecule is CCNC(=O)c1noc(-c2cc(C(C)C)c(C)cc2OCc2ccccc2)c1-c1noc(C)n1. The van der Waals surface area contributed by atoms with Crippen LogP contribution in [0.15, 0.2) is 51.5 Å². The van der Waals surface area contributed by atoms with Crippen LogP contribution >= 0.6 is 0 Å². The highest BCUT2D eigenvalue weighted by molar-refractivity contribution is 6.01. The predicted molar refractivity (Wildman–Crippen MR) is 128 cm³/mol. The fraction of sp³-hybridized carbons (Fsp3) is 0.308. The lowest BCUT2D eigenvalue weighted by Gasteiger charge is -2.17. The first kappa shape index (κ1) is 23.2. The van der Waals surface area contributed by atoms with Crippen LogP contribution in [0.4, 0.5) is 0 Å². The summed E-state index contributed by atoms with van der Waals surface area (Å²) < 4.78 is 17.2. The maximum Gasteiger partial charge on any atom is 0.274 e. The van der Waals surface area contributed by atoms with E-state index < -0.39 is 0 Å². The van der Waals surface area contributed by atoms with Crippen LogP contribution in [0.3, 0.4) is 0 Å². The molecule has 0 atom stereocenters. The van der Waals surface area contributed by atoms with E-state index in [-0.39, 0.29) is 23.3 Å². The van der Waals surface area contributed by atoms with Crippen LogP contribution in [-0.4, -0.2) is 27.7 Å². The summed E-state index contributed by atoms with van der Waals surface area (Å²) in [7, 11) is 0. The molecule has 176 valence electrons. The van der Waals surface area contributed by atoms with Crippen LogP contribution in [0, 0.1) is 13.8 Å². The number of aromatic nitrogens is 3. The quantitative estimate of drug-likeness (QED) is 0.372. The third-order valence-corrected chi connectivity index (χ3v) is 5.47. The zero-order chi connectivity index (χ0) is 24.2. The number of hydrogen-bond donors (Lipinski definition) is 1. The van der Waals surface area contributed by atoms with Gasteiger partial charge in [0.2, 0.25) is 11.7 Å². The molecule has 0 fully saturated rings. The molecule has 8 nitrogen and oxygen atoms in total. The Balaban J connectivity index is 1.88. The molecule has 2 heterocycles. The fourth-order valence-electron chi connectivity index (χ4n) is 3.83. The molecule has 1 N–H and O–H groups in total. The van der Waals surface area contributed by atoms with Crippen molar-refractivity contribution >= 4 is 5.91 Å². The third kappa shape index (κ3) is 4.71. The van der Waals surface area contributed by atoms with E-state index in [0.29, 0.717) is 41.7 Å². The first-order chi connectivity index (χ1) is 16.4. The van der Waals surface area contributed by atoms with Crippen LogP contribution in [-0.2, 0) is 6.61 Å². The molecule has 4 aromatic rings. The highest BCUT2D eigenvalue weighted by atomic mass is 16.5. The van der Waals surface area contributed by atoms with Crippen LogP contribution in [0.2, 0.25) is 0 Å². The van der Waals surface area contributed by atoms with Gasteiger partial charge < -0.3 is 19.1 Å². The summed E-state index contributed by atoms with van der Waals surface area (Å²) in [5.74, 6) is 1.46. The summed E-state index contributed by atoms with van der Waals surface area (Å²) in [5.41, 5.74) is 4.40. The number of benzene rings is 2. The zero-order valence-electron chi connectivity index (χ0n) is 20.0. The Kier molecular flexibility index (Phi) is 6.77. The summed E-state index contributed by atoms with van der Waals surface area (Å²) >= 11 is 0. The monoisotopic (exact) mass is 460 g/mol. The average Bonchev–Trinajstić information content (AvgIpc) is 3.44. The molecule has 0 aliphatic rings. The molecule has 0 bridgehead atoms. The predicted octanol–water partition coefficient (Wildman–Crippen LogP) is 5.46. The number of carbonyl (C=O) groups excluding carboxylic acids is 1. The minimum atomic E-state index is -0.377. The van der Waals surface area contributed by atoms with E-state index in [1.54, 1.807) is 6.92 Å². The largest absolute Gasteiger partial charge is 0.488 e. The van der Waals surface area contributed by atoms with Crippen molar-refractivity contribution < 1.29 is 18.6 Å². The number of ether oxygens (including phenoxy) is 1. The topological polar surface area (TPSA) is 103 Å². The lowest BCUT2D eigenvalue weighted by Crippen LogP contribution is -2.23. The minimum absolute atomic E-state index is 0.0957. The Hall–Kier alpha value is -3.94. The summed E-state index contributed by atoms with van der Waals surface area (Å²) in [5, 5.41) is 10.9. The van der Waals surface area contributed by atoms with E-state index in [1.807, 2.05) is 49.4 Å². The maximum atomic E-state index is 12.8. The summed E-state index contributed by atoms with van der Waals surface area (Å²) in [6, 6.07) is 13.9. The van der Waals surface area contributed by atoms with Crippen molar-refractivity contribution in [2.45, 2.75) is 47.1 Å². The van der Waals surface area contributed by atoms with Gasteiger partial charge in [-0.1, -0.05) is 54.5 Å². The number of aryl methyl sites for hydroxylation is 2. The van der Waals surface area contributed by atoms with Crippen LogP contribution < -0.4 is 10.1 Å². The first-order valence-corrected chi connectivity index (χ1v) is 11.3. The number of hydrogen-bond acceptors (Lipinski definition) is 7. The van der Waals surface area contributed by atoms with Crippen molar-refractivity contribution in [1.82, 2.24) is 20.6 Å². The molecule has 2 aromatic heterocycles. The molecule has 0 saturated carbocycles. The summed E-state index contributed by atoms with van der Waals surface area (Å²) in [6.45, 7) is 10.6. The number of rotatable bonds is 8. The zero-order valence-corrected chi connectivity index (χ0v) is 20.0. The molecular weight excluding hydrogens is 432 g/mol. The average molecular weight is 461 g/mol. The molecule has 0 aliphatic carbocycles. The third-order valence-electron chi connectivity index (χ3n) is 5.47. The normalized spacial score (nSPS) is 11.1. The highest BCUT2D eigenvalue weighted by Gasteiger charge is 2.30.